The second-order valence-electron chi connectivity index (χ2n) is 7.00. The van der Waals surface area contributed by atoms with Gasteiger partial charge >= 0.3 is 0 Å². The van der Waals surface area contributed by atoms with E-state index in [4.69, 9.17) is 4.18 Å². The fraction of sp³-hybridized carbons (Fsp3) is 1.00. The Labute approximate surface area is 151 Å². The van der Waals surface area contributed by atoms with Crippen LogP contribution >= 0.6 is 12.0 Å². The molecule has 1 nitrogen and oxygen atoms in total. The molecular weight excluding hydrogens is 300 g/mol. The number of rotatable bonds is 20. The summed E-state index contributed by atoms with van der Waals surface area (Å²) in [6, 6.07) is 0. The lowest BCUT2D eigenvalue weighted by molar-refractivity contribution is 0.356. The van der Waals surface area contributed by atoms with Gasteiger partial charge in [0.25, 0.3) is 0 Å². The normalized spacial score (nSPS) is 11.2. The molecule has 0 fully saturated rings. The standard InChI is InChI=1S/C21H44OS/c1-3-4-5-6-7-8-9-10-11-12-13-14-15-16-17-18-19-20-21-22-23-2/h3-21H2,1-2H3. The van der Waals surface area contributed by atoms with Crippen LogP contribution in [0.1, 0.15) is 122 Å². The number of hydrogen-bond acceptors (Lipinski definition) is 2. The summed E-state index contributed by atoms with van der Waals surface area (Å²) in [6.45, 7) is 3.23. The SMILES string of the molecule is CCCCCCCCCCCCCCCCCCCCOSC. The number of unbranched alkanes of at least 4 members (excludes halogenated alkanes) is 17. The largest absolute Gasteiger partial charge is 0.316 e. The minimum atomic E-state index is 0.930. The van der Waals surface area contributed by atoms with E-state index in [2.05, 4.69) is 6.92 Å². The summed E-state index contributed by atoms with van der Waals surface area (Å²) in [4.78, 5) is 0. The Balaban J connectivity index is 2.92. The first-order valence-electron chi connectivity index (χ1n) is 10.6. The van der Waals surface area contributed by atoms with E-state index in [-0.39, 0.29) is 0 Å². The summed E-state index contributed by atoms with van der Waals surface area (Å²) >= 11 is 1.49. The van der Waals surface area contributed by atoms with E-state index in [1.54, 1.807) is 0 Å². The van der Waals surface area contributed by atoms with Crippen molar-refractivity contribution >= 4 is 12.0 Å². The third-order valence-corrected chi connectivity index (χ3v) is 5.10. The average molecular weight is 345 g/mol. The van der Waals surface area contributed by atoms with E-state index < -0.39 is 0 Å². The van der Waals surface area contributed by atoms with Gasteiger partial charge in [0.2, 0.25) is 0 Å². The third-order valence-electron chi connectivity index (χ3n) is 4.70. The molecule has 0 aromatic rings. The second kappa shape index (κ2) is 22.3. The quantitative estimate of drug-likeness (QED) is 0.162. The first kappa shape index (κ1) is 23.3. The summed E-state index contributed by atoms with van der Waals surface area (Å²) < 4.78 is 5.28. The first-order chi connectivity index (χ1) is 11.4. The van der Waals surface area contributed by atoms with Gasteiger partial charge in [-0.1, -0.05) is 116 Å². The lowest BCUT2D eigenvalue weighted by atomic mass is 10.0. The lowest BCUT2D eigenvalue weighted by Crippen LogP contribution is -1.87. The molecule has 0 aliphatic heterocycles. The molecule has 0 heterocycles. The van der Waals surface area contributed by atoms with Crippen LogP contribution in [0.4, 0.5) is 0 Å². The minimum Gasteiger partial charge on any atom is -0.316 e. The van der Waals surface area contributed by atoms with E-state index in [1.807, 2.05) is 6.26 Å². The van der Waals surface area contributed by atoms with Crippen LogP contribution in [0.5, 0.6) is 0 Å². The Morgan fingerprint density at radius 2 is 0.783 bits per heavy atom. The molecule has 0 spiro atoms. The predicted molar refractivity (Wildman–Crippen MR) is 108 cm³/mol. The van der Waals surface area contributed by atoms with Crippen molar-refractivity contribution in [1.82, 2.24) is 0 Å². The molecule has 0 amide bonds. The lowest BCUT2D eigenvalue weighted by Gasteiger charge is -2.04. The molecule has 140 valence electrons. The fourth-order valence-electron chi connectivity index (χ4n) is 3.15. The fourth-order valence-corrected chi connectivity index (χ4v) is 3.43. The van der Waals surface area contributed by atoms with Crippen LogP contribution < -0.4 is 0 Å². The molecule has 0 saturated carbocycles. The zero-order valence-electron chi connectivity index (χ0n) is 16.3. The van der Waals surface area contributed by atoms with Gasteiger partial charge < -0.3 is 4.18 Å². The van der Waals surface area contributed by atoms with Crippen molar-refractivity contribution in [2.24, 2.45) is 0 Å². The van der Waals surface area contributed by atoms with Crippen LogP contribution in [0.2, 0.25) is 0 Å². The zero-order valence-corrected chi connectivity index (χ0v) is 17.1. The number of hydrogen-bond donors (Lipinski definition) is 0. The average Bonchev–Trinajstić information content (AvgIpc) is 2.57. The van der Waals surface area contributed by atoms with Gasteiger partial charge in [-0.05, 0) is 18.5 Å². The monoisotopic (exact) mass is 344 g/mol. The summed E-state index contributed by atoms with van der Waals surface area (Å²) in [7, 11) is 0. The minimum absolute atomic E-state index is 0.930. The van der Waals surface area contributed by atoms with E-state index >= 15 is 0 Å². The van der Waals surface area contributed by atoms with Gasteiger partial charge in [0.15, 0.2) is 0 Å². The van der Waals surface area contributed by atoms with Gasteiger partial charge in [0.05, 0.1) is 6.61 Å². The molecule has 0 bridgehead atoms. The van der Waals surface area contributed by atoms with Gasteiger partial charge in [-0.15, -0.1) is 0 Å². The highest BCUT2D eigenvalue weighted by molar-refractivity contribution is 7.93. The molecular formula is C21H44OS. The van der Waals surface area contributed by atoms with E-state index in [9.17, 15) is 0 Å². The Kier molecular flexibility index (Phi) is 22.6. The third kappa shape index (κ3) is 22.3. The highest BCUT2D eigenvalue weighted by atomic mass is 32.2. The Morgan fingerprint density at radius 1 is 0.478 bits per heavy atom. The van der Waals surface area contributed by atoms with Crippen molar-refractivity contribution in [2.45, 2.75) is 122 Å². The van der Waals surface area contributed by atoms with Gasteiger partial charge in [-0.3, -0.25) is 0 Å². The van der Waals surface area contributed by atoms with Crippen molar-refractivity contribution in [3.63, 3.8) is 0 Å². The molecule has 0 N–H and O–H groups in total. The second-order valence-corrected chi connectivity index (χ2v) is 7.57. The molecule has 23 heavy (non-hydrogen) atoms. The van der Waals surface area contributed by atoms with Gasteiger partial charge in [0, 0.05) is 6.26 Å². The molecule has 0 aliphatic rings. The van der Waals surface area contributed by atoms with Crippen molar-refractivity contribution in [2.75, 3.05) is 12.9 Å². The maximum absolute atomic E-state index is 5.28. The van der Waals surface area contributed by atoms with Crippen LogP contribution in [0.25, 0.3) is 0 Å². The molecule has 0 aliphatic carbocycles. The van der Waals surface area contributed by atoms with Crippen LogP contribution in [-0.4, -0.2) is 12.9 Å². The topological polar surface area (TPSA) is 9.23 Å². The van der Waals surface area contributed by atoms with Crippen LogP contribution in [0.3, 0.4) is 0 Å². The highest BCUT2D eigenvalue weighted by Gasteiger charge is 1.95. The smallest absolute Gasteiger partial charge is 0.0613 e. The van der Waals surface area contributed by atoms with Crippen molar-refractivity contribution in [3.8, 4) is 0 Å². The van der Waals surface area contributed by atoms with Gasteiger partial charge in [-0.25, -0.2) is 0 Å². The van der Waals surface area contributed by atoms with Crippen LogP contribution in [0, 0.1) is 0 Å². The Morgan fingerprint density at radius 3 is 1.09 bits per heavy atom. The molecule has 0 atom stereocenters. The van der Waals surface area contributed by atoms with Crippen LogP contribution in [0.15, 0.2) is 0 Å². The first-order valence-corrected chi connectivity index (χ1v) is 11.7. The van der Waals surface area contributed by atoms with Crippen LogP contribution in [-0.2, 0) is 4.18 Å². The molecule has 0 aromatic carbocycles. The molecule has 0 saturated heterocycles. The summed E-state index contributed by atoms with van der Waals surface area (Å²) in [6.07, 6.45) is 27.8. The molecule has 0 aromatic heterocycles. The van der Waals surface area contributed by atoms with Crippen molar-refractivity contribution in [3.05, 3.63) is 0 Å². The Bertz CT molecular complexity index is 176. The molecule has 0 unspecified atom stereocenters. The summed E-state index contributed by atoms with van der Waals surface area (Å²) in [5.74, 6) is 0. The molecule has 0 rings (SSSR count). The zero-order chi connectivity index (χ0) is 16.8. The predicted octanol–water partition coefficient (Wildman–Crippen LogP) is 8.32. The van der Waals surface area contributed by atoms with E-state index in [0.717, 1.165) is 6.61 Å². The molecule has 0 radical (unpaired) electrons. The maximum Gasteiger partial charge on any atom is 0.0613 e. The van der Waals surface area contributed by atoms with Gasteiger partial charge in [0.1, 0.15) is 0 Å². The summed E-state index contributed by atoms with van der Waals surface area (Å²) in [5, 5.41) is 0. The Hall–Kier alpha value is 0.310. The van der Waals surface area contributed by atoms with E-state index in [0.29, 0.717) is 0 Å². The van der Waals surface area contributed by atoms with E-state index in [1.165, 1.54) is 128 Å². The van der Waals surface area contributed by atoms with Gasteiger partial charge in [-0.2, -0.15) is 0 Å². The van der Waals surface area contributed by atoms with Crippen molar-refractivity contribution < 1.29 is 4.18 Å². The maximum atomic E-state index is 5.28. The highest BCUT2D eigenvalue weighted by Crippen LogP contribution is 2.14. The molecule has 2 heteroatoms. The van der Waals surface area contributed by atoms with Crippen molar-refractivity contribution in [1.29, 1.82) is 0 Å². The summed E-state index contributed by atoms with van der Waals surface area (Å²) in [5.41, 5.74) is 0.